The van der Waals surface area contributed by atoms with Crippen LogP contribution in [0.2, 0.25) is 0 Å². The van der Waals surface area contributed by atoms with Gasteiger partial charge in [0.25, 0.3) is 0 Å². The molecule has 0 aliphatic rings. The fraction of sp³-hybridized carbons (Fsp3) is 0.188. The Morgan fingerprint density at radius 1 is 1.00 bits per heavy atom. The van der Waals surface area contributed by atoms with Crippen LogP contribution in [0, 0.1) is 13.8 Å². The summed E-state index contributed by atoms with van der Waals surface area (Å²) in [6.45, 7) is 3.62. The zero-order valence-electron chi connectivity index (χ0n) is 11.5. The Kier molecular flexibility index (Phi) is 4.02. The molecule has 0 saturated heterocycles. The SMILES string of the molecule is Cc1ccc(C(=O)c2ccccc2OC(F)(F)F)c(C)c1. The molecule has 0 saturated carbocycles. The fourth-order valence-electron chi connectivity index (χ4n) is 2.08. The van der Waals surface area contributed by atoms with Gasteiger partial charge in [-0.25, -0.2) is 0 Å². The topological polar surface area (TPSA) is 26.3 Å². The molecule has 0 heterocycles. The average Bonchev–Trinajstić information content (AvgIpc) is 2.36. The summed E-state index contributed by atoms with van der Waals surface area (Å²) in [7, 11) is 0. The van der Waals surface area contributed by atoms with E-state index >= 15 is 0 Å². The molecule has 0 radical (unpaired) electrons. The third-order valence-corrected chi connectivity index (χ3v) is 2.98. The predicted molar refractivity (Wildman–Crippen MR) is 72.5 cm³/mol. The minimum atomic E-state index is -4.83. The Hall–Kier alpha value is -2.30. The highest BCUT2D eigenvalue weighted by Crippen LogP contribution is 2.28. The summed E-state index contributed by atoms with van der Waals surface area (Å²) >= 11 is 0. The molecule has 2 aromatic rings. The maximum atomic E-state index is 12.4. The largest absolute Gasteiger partial charge is 0.573 e. The molecule has 0 atom stereocenters. The van der Waals surface area contributed by atoms with Crippen LogP contribution in [0.4, 0.5) is 13.2 Å². The molecule has 21 heavy (non-hydrogen) atoms. The number of hydrogen-bond donors (Lipinski definition) is 0. The van der Waals surface area contributed by atoms with Crippen molar-refractivity contribution in [3.05, 3.63) is 64.7 Å². The van der Waals surface area contributed by atoms with Crippen LogP contribution in [-0.4, -0.2) is 12.1 Å². The first-order valence-corrected chi connectivity index (χ1v) is 6.24. The number of ether oxygens (including phenoxy) is 1. The van der Waals surface area contributed by atoms with Gasteiger partial charge in [-0.05, 0) is 31.5 Å². The van der Waals surface area contributed by atoms with Crippen LogP contribution in [0.25, 0.3) is 0 Å². The van der Waals surface area contributed by atoms with Crippen molar-refractivity contribution >= 4 is 5.78 Å². The number of carbonyl (C=O) groups is 1. The van der Waals surface area contributed by atoms with Crippen LogP contribution < -0.4 is 4.74 Å². The van der Waals surface area contributed by atoms with Crippen molar-refractivity contribution in [3.63, 3.8) is 0 Å². The third-order valence-electron chi connectivity index (χ3n) is 2.98. The Labute approximate surface area is 120 Å². The van der Waals surface area contributed by atoms with E-state index in [1.807, 2.05) is 6.92 Å². The molecular formula is C16H13F3O2. The van der Waals surface area contributed by atoms with Gasteiger partial charge in [0.05, 0.1) is 5.56 Å². The molecule has 0 unspecified atom stereocenters. The predicted octanol–water partition coefficient (Wildman–Crippen LogP) is 4.43. The summed E-state index contributed by atoms with van der Waals surface area (Å²) in [5.74, 6) is -0.984. The molecule has 0 fully saturated rings. The van der Waals surface area contributed by atoms with Crippen LogP contribution in [0.15, 0.2) is 42.5 Å². The van der Waals surface area contributed by atoms with E-state index in [0.29, 0.717) is 11.1 Å². The Bertz CT molecular complexity index is 675. The fourth-order valence-corrected chi connectivity index (χ4v) is 2.08. The number of halogens is 3. The van der Waals surface area contributed by atoms with Crippen molar-refractivity contribution in [2.24, 2.45) is 0 Å². The molecule has 2 aromatic carbocycles. The van der Waals surface area contributed by atoms with Crippen LogP contribution in [0.3, 0.4) is 0 Å². The monoisotopic (exact) mass is 294 g/mol. The lowest BCUT2D eigenvalue weighted by Crippen LogP contribution is -2.19. The number of aryl methyl sites for hydroxylation is 2. The number of alkyl halides is 3. The molecule has 0 aliphatic heterocycles. The van der Waals surface area contributed by atoms with E-state index in [4.69, 9.17) is 0 Å². The van der Waals surface area contributed by atoms with Crippen molar-refractivity contribution in [2.75, 3.05) is 0 Å². The molecule has 0 spiro atoms. The van der Waals surface area contributed by atoms with Gasteiger partial charge in [-0.1, -0.05) is 35.9 Å². The zero-order chi connectivity index (χ0) is 15.6. The number of benzene rings is 2. The quantitative estimate of drug-likeness (QED) is 0.783. The zero-order valence-corrected chi connectivity index (χ0v) is 11.5. The molecule has 0 amide bonds. The molecule has 0 aromatic heterocycles. The Morgan fingerprint density at radius 2 is 1.67 bits per heavy atom. The summed E-state index contributed by atoms with van der Waals surface area (Å²) in [6, 6.07) is 10.5. The van der Waals surface area contributed by atoms with Crippen molar-refractivity contribution in [3.8, 4) is 5.75 Å². The van der Waals surface area contributed by atoms with E-state index in [0.717, 1.165) is 11.6 Å². The van der Waals surface area contributed by atoms with Gasteiger partial charge < -0.3 is 4.74 Å². The molecule has 0 aliphatic carbocycles. The van der Waals surface area contributed by atoms with Crippen LogP contribution in [0.5, 0.6) is 5.75 Å². The van der Waals surface area contributed by atoms with Gasteiger partial charge in [-0.3, -0.25) is 4.79 Å². The third kappa shape index (κ3) is 3.62. The lowest BCUT2D eigenvalue weighted by Gasteiger charge is -2.13. The lowest BCUT2D eigenvalue weighted by atomic mass is 9.97. The van der Waals surface area contributed by atoms with Crippen molar-refractivity contribution in [1.82, 2.24) is 0 Å². The van der Waals surface area contributed by atoms with Gasteiger partial charge in [-0.2, -0.15) is 0 Å². The van der Waals surface area contributed by atoms with Crippen LogP contribution in [0.1, 0.15) is 27.0 Å². The molecule has 2 nitrogen and oxygen atoms in total. The summed E-state index contributed by atoms with van der Waals surface area (Å²) in [5, 5.41) is 0. The molecule has 5 heteroatoms. The average molecular weight is 294 g/mol. The van der Waals surface area contributed by atoms with E-state index in [-0.39, 0.29) is 5.56 Å². The van der Waals surface area contributed by atoms with E-state index in [1.165, 1.54) is 18.2 Å². The van der Waals surface area contributed by atoms with Gasteiger partial charge >= 0.3 is 6.36 Å². The Morgan fingerprint density at radius 3 is 2.29 bits per heavy atom. The Balaban J connectivity index is 2.44. The van der Waals surface area contributed by atoms with Gasteiger partial charge in [0.1, 0.15) is 5.75 Å². The summed E-state index contributed by atoms with van der Waals surface area (Å²) < 4.78 is 41.1. The molecule has 0 N–H and O–H groups in total. The minimum Gasteiger partial charge on any atom is -0.405 e. The summed E-state index contributed by atoms with van der Waals surface area (Å²) in [5.41, 5.74) is 1.94. The highest BCUT2D eigenvalue weighted by molar-refractivity contribution is 6.11. The normalized spacial score (nSPS) is 11.3. The smallest absolute Gasteiger partial charge is 0.405 e. The van der Waals surface area contributed by atoms with E-state index < -0.39 is 17.9 Å². The second-order valence-corrected chi connectivity index (χ2v) is 4.69. The van der Waals surface area contributed by atoms with Gasteiger partial charge in [-0.15, -0.1) is 13.2 Å². The number of ketones is 1. The lowest BCUT2D eigenvalue weighted by molar-refractivity contribution is -0.274. The van der Waals surface area contributed by atoms with Gasteiger partial charge in [0, 0.05) is 5.56 Å². The van der Waals surface area contributed by atoms with Crippen molar-refractivity contribution in [2.45, 2.75) is 20.2 Å². The van der Waals surface area contributed by atoms with Crippen LogP contribution >= 0.6 is 0 Å². The number of para-hydroxylation sites is 1. The van der Waals surface area contributed by atoms with E-state index in [1.54, 1.807) is 25.1 Å². The van der Waals surface area contributed by atoms with Crippen molar-refractivity contribution < 1.29 is 22.7 Å². The maximum absolute atomic E-state index is 12.4. The molecule has 110 valence electrons. The van der Waals surface area contributed by atoms with Crippen LogP contribution in [-0.2, 0) is 0 Å². The second kappa shape index (κ2) is 5.60. The molecule has 0 bridgehead atoms. The molecular weight excluding hydrogens is 281 g/mol. The van der Waals surface area contributed by atoms with E-state index in [9.17, 15) is 18.0 Å². The summed E-state index contributed by atoms with van der Waals surface area (Å²) in [6.07, 6.45) is -4.83. The van der Waals surface area contributed by atoms with E-state index in [2.05, 4.69) is 4.74 Å². The summed E-state index contributed by atoms with van der Waals surface area (Å²) in [4.78, 5) is 12.4. The number of rotatable bonds is 3. The first-order chi connectivity index (χ1) is 9.78. The standard InChI is InChI=1S/C16H13F3O2/c1-10-7-8-12(11(2)9-10)15(20)13-5-3-4-6-14(13)21-16(17,18)19/h3-9H,1-2H3. The second-order valence-electron chi connectivity index (χ2n) is 4.69. The number of hydrogen-bond acceptors (Lipinski definition) is 2. The highest BCUT2D eigenvalue weighted by Gasteiger charge is 2.33. The van der Waals surface area contributed by atoms with Crippen molar-refractivity contribution in [1.29, 1.82) is 0 Å². The first kappa shape index (κ1) is 15.1. The maximum Gasteiger partial charge on any atom is 0.573 e. The van der Waals surface area contributed by atoms with Gasteiger partial charge in [0.2, 0.25) is 0 Å². The minimum absolute atomic E-state index is 0.109. The number of carbonyl (C=O) groups excluding carboxylic acids is 1. The molecule has 2 rings (SSSR count). The van der Waals surface area contributed by atoms with Gasteiger partial charge in [0.15, 0.2) is 5.78 Å². The first-order valence-electron chi connectivity index (χ1n) is 6.24. The highest BCUT2D eigenvalue weighted by atomic mass is 19.4.